The average Bonchev–Trinajstić information content (AvgIpc) is 3.16. The van der Waals surface area contributed by atoms with E-state index in [9.17, 15) is 14.0 Å². The minimum absolute atomic E-state index is 0.0304. The molecule has 0 spiro atoms. The second-order valence-corrected chi connectivity index (χ2v) is 8.44. The molecule has 1 amide bonds. The maximum atomic E-state index is 14.6. The fraction of sp³-hybridized carbons (Fsp3) is 0.409. The fourth-order valence-electron chi connectivity index (χ4n) is 3.90. The molecule has 0 atom stereocenters. The minimum atomic E-state index is -0.558. The molecule has 0 fully saturated rings. The van der Waals surface area contributed by atoms with Crippen molar-refractivity contribution >= 4 is 5.91 Å². The molecule has 168 valence electrons. The van der Waals surface area contributed by atoms with Crippen LogP contribution < -0.4 is 10.1 Å². The quantitative estimate of drug-likeness (QED) is 0.573. The number of benzene rings is 1. The van der Waals surface area contributed by atoms with Gasteiger partial charge in [-0.25, -0.2) is 14.1 Å². The van der Waals surface area contributed by atoms with Crippen LogP contribution in [0.5, 0.6) is 0 Å². The van der Waals surface area contributed by atoms with E-state index >= 15 is 0 Å². The second-order valence-electron chi connectivity index (χ2n) is 8.44. The molecule has 2 N–H and O–H groups in total. The van der Waals surface area contributed by atoms with Gasteiger partial charge in [0.25, 0.3) is 23.1 Å². The lowest BCUT2D eigenvalue weighted by Gasteiger charge is -2.25. The highest BCUT2D eigenvalue weighted by atomic mass is 19.1. The number of carbonyl (C=O) groups excluding carboxylic acids is 1. The largest absolute Gasteiger partial charge is 0.325 e. The van der Waals surface area contributed by atoms with E-state index in [0.717, 1.165) is 22.8 Å². The molecule has 32 heavy (non-hydrogen) atoms. The van der Waals surface area contributed by atoms with E-state index < -0.39 is 5.82 Å². The summed E-state index contributed by atoms with van der Waals surface area (Å²) in [6.45, 7) is 5.67. The Morgan fingerprint density at radius 3 is 2.75 bits per heavy atom. The van der Waals surface area contributed by atoms with Gasteiger partial charge in [-0.1, -0.05) is 6.07 Å². The molecule has 0 bridgehead atoms. The predicted molar refractivity (Wildman–Crippen MR) is 114 cm³/mol. The predicted octanol–water partition coefficient (Wildman–Crippen LogP) is 0.845. The number of H-pyrrole nitrogens is 2. The summed E-state index contributed by atoms with van der Waals surface area (Å²) in [6.07, 6.45) is 0.387. The van der Waals surface area contributed by atoms with Crippen molar-refractivity contribution in [3.8, 4) is 0 Å². The molecule has 2 aromatic heterocycles. The Hall–Kier alpha value is -3.40. The first-order valence-electron chi connectivity index (χ1n) is 10.5. The Morgan fingerprint density at radius 1 is 1.22 bits per heavy atom. The van der Waals surface area contributed by atoms with Crippen LogP contribution in [-0.4, -0.2) is 56.7 Å². The van der Waals surface area contributed by atoms with Gasteiger partial charge in [0.05, 0.1) is 30.9 Å². The maximum absolute atomic E-state index is 14.6. The van der Waals surface area contributed by atoms with Gasteiger partial charge in [-0.2, -0.15) is 5.10 Å². The van der Waals surface area contributed by atoms with Gasteiger partial charge in [-0.05, 0) is 51.2 Å². The Labute approximate surface area is 184 Å². The third-order valence-electron chi connectivity index (χ3n) is 5.89. The third-order valence-corrected chi connectivity index (χ3v) is 5.89. The number of nitrogens with zero attached hydrogens (tertiary/aromatic N) is 5. The number of fused-ring (bicyclic) bond motifs is 1. The summed E-state index contributed by atoms with van der Waals surface area (Å²) in [6, 6.07) is 4.53. The highest BCUT2D eigenvalue weighted by Gasteiger charge is 2.31. The molecule has 0 unspecified atom stereocenters. The molecule has 10 heteroatoms. The van der Waals surface area contributed by atoms with Crippen molar-refractivity contribution in [2.24, 2.45) is 0 Å². The van der Waals surface area contributed by atoms with E-state index in [1.165, 1.54) is 6.07 Å². The van der Waals surface area contributed by atoms with Crippen LogP contribution in [0.15, 0.2) is 23.0 Å². The van der Waals surface area contributed by atoms with Crippen molar-refractivity contribution in [2.75, 3.05) is 20.6 Å². The number of rotatable bonds is 5. The number of carbonyl (C=O) groups is 1. The summed E-state index contributed by atoms with van der Waals surface area (Å²) >= 11 is 0. The molecule has 3 heterocycles. The monoisotopic (exact) mass is 440 g/mol. The van der Waals surface area contributed by atoms with Gasteiger partial charge in [-0.15, -0.1) is 5.10 Å². The van der Waals surface area contributed by atoms with Crippen molar-refractivity contribution in [1.29, 1.82) is 0 Å². The number of amides is 1. The highest BCUT2D eigenvalue weighted by Crippen LogP contribution is 2.19. The zero-order chi connectivity index (χ0) is 23.0. The summed E-state index contributed by atoms with van der Waals surface area (Å²) in [5, 5.41) is 14.0. The molecule has 0 saturated carbocycles. The van der Waals surface area contributed by atoms with Gasteiger partial charge in [0, 0.05) is 17.1 Å². The molecule has 1 aliphatic heterocycles. The van der Waals surface area contributed by atoms with Crippen molar-refractivity contribution in [3.63, 3.8) is 0 Å². The molecular weight excluding hydrogens is 413 g/mol. The first-order chi connectivity index (χ1) is 15.2. The topological polar surface area (TPSA) is 102 Å². The summed E-state index contributed by atoms with van der Waals surface area (Å²) in [5.74, 6) is 0.810. The summed E-state index contributed by atoms with van der Waals surface area (Å²) in [5.41, 5.74) is 2.64. The van der Waals surface area contributed by atoms with Gasteiger partial charge < -0.3 is 4.90 Å². The lowest BCUT2D eigenvalue weighted by Crippen LogP contribution is -2.53. The van der Waals surface area contributed by atoms with Crippen molar-refractivity contribution in [1.82, 2.24) is 30.2 Å². The zero-order valence-electron chi connectivity index (χ0n) is 18.7. The molecule has 1 aliphatic rings. The lowest BCUT2D eigenvalue weighted by molar-refractivity contribution is -0.718. The molecule has 0 radical (unpaired) electrons. The minimum Gasteiger partial charge on any atom is -0.325 e. The second kappa shape index (κ2) is 8.62. The van der Waals surface area contributed by atoms with E-state index in [1.54, 1.807) is 24.0 Å². The number of aromatic amines is 2. The van der Waals surface area contributed by atoms with Crippen LogP contribution in [0.1, 0.15) is 44.4 Å². The van der Waals surface area contributed by atoms with Gasteiger partial charge in [-0.3, -0.25) is 14.5 Å². The Morgan fingerprint density at radius 2 is 2.00 bits per heavy atom. The maximum Gasteiger partial charge on any atom is 0.291 e. The standard InChI is InChI=1S/C22H26FN7O2/c1-13-14(2)21(31)27-24-18(13)10-15-5-6-17(23)16(9-15)22(32)29-7-8-30-19(11-28(3)4)25-26-20(30)12-29/h5-6,9H,7-8,10-12H2,1-4H3,(H,27,31)/p+1. The van der Waals surface area contributed by atoms with E-state index in [1.807, 2.05) is 25.9 Å². The van der Waals surface area contributed by atoms with E-state index in [2.05, 4.69) is 25.0 Å². The molecular formula is C22H27FN7O2+. The Kier molecular flexibility index (Phi) is 5.88. The molecule has 0 saturated heterocycles. The highest BCUT2D eigenvalue weighted by molar-refractivity contribution is 5.94. The van der Waals surface area contributed by atoms with Crippen LogP contribution >= 0.6 is 0 Å². The van der Waals surface area contributed by atoms with Crippen LogP contribution in [0.4, 0.5) is 4.39 Å². The van der Waals surface area contributed by atoms with Crippen molar-refractivity contribution < 1.29 is 13.8 Å². The van der Waals surface area contributed by atoms with Gasteiger partial charge in [0.1, 0.15) is 12.4 Å². The number of hydrogen-bond acceptors (Lipinski definition) is 5. The van der Waals surface area contributed by atoms with E-state index in [4.69, 9.17) is 0 Å². The molecule has 3 aromatic rings. The SMILES string of the molecule is Cc1c(Cc2ccc(F)c(C(=O)N3CC[n+]4c(CN(C)C)n[nH]c4C3)c2)n[nH]c(=O)c1C. The zero-order valence-corrected chi connectivity index (χ0v) is 18.7. The number of aromatic nitrogens is 5. The first-order valence-corrected chi connectivity index (χ1v) is 10.5. The average molecular weight is 441 g/mol. The van der Waals surface area contributed by atoms with E-state index in [-0.39, 0.29) is 17.0 Å². The van der Waals surface area contributed by atoms with Crippen molar-refractivity contribution in [3.05, 3.63) is 74.0 Å². The molecule has 0 aliphatic carbocycles. The fourth-order valence-corrected chi connectivity index (χ4v) is 3.90. The summed E-state index contributed by atoms with van der Waals surface area (Å²) < 4.78 is 16.7. The lowest BCUT2D eigenvalue weighted by atomic mass is 10.0. The van der Waals surface area contributed by atoms with Crippen LogP contribution in [0.25, 0.3) is 0 Å². The summed E-state index contributed by atoms with van der Waals surface area (Å²) in [7, 11) is 3.95. The molecule has 9 nitrogen and oxygen atoms in total. The Balaban J connectivity index is 1.55. The smallest absolute Gasteiger partial charge is 0.291 e. The van der Waals surface area contributed by atoms with Crippen molar-refractivity contribution in [2.45, 2.75) is 39.9 Å². The van der Waals surface area contributed by atoms with Gasteiger partial charge >= 0.3 is 0 Å². The normalized spacial score (nSPS) is 13.5. The van der Waals surface area contributed by atoms with E-state index in [0.29, 0.717) is 43.9 Å². The van der Waals surface area contributed by atoms with Gasteiger partial charge in [0.2, 0.25) is 0 Å². The Bertz CT molecular complexity index is 1230. The van der Waals surface area contributed by atoms with Crippen LogP contribution in [0.2, 0.25) is 0 Å². The molecule has 1 aromatic carbocycles. The summed E-state index contributed by atoms with van der Waals surface area (Å²) in [4.78, 5) is 28.5. The van der Waals surface area contributed by atoms with Gasteiger partial charge in [0.15, 0.2) is 0 Å². The van der Waals surface area contributed by atoms with Crippen LogP contribution in [-0.2, 0) is 26.1 Å². The number of halogens is 1. The van der Waals surface area contributed by atoms with Crippen LogP contribution in [0.3, 0.4) is 0 Å². The molecule has 4 rings (SSSR count). The number of hydrogen-bond donors (Lipinski definition) is 2. The third kappa shape index (κ3) is 4.18. The van der Waals surface area contributed by atoms with Crippen LogP contribution in [0, 0.1) is 19.7 Å². The number of nitrogens with one attached hydrogen (secondary N) is 2. The first kappa shape index (κ1) is 21.8.